The van der Waals surface area contributed by atoms with Crippen LogP contribution >= 0.6 is 0 Å². The minimum Gasteiger partial charge on any atom is -0.495 e. The van der Waals surface area contributed by atoms with Crippen molar-refractivity contribution in [1.29, 1.82) is 0 Å². The zero-order chi connectivity index (χ0) is 24.0. The Balaban J connectivity index is 1.39. The average molecular weight is 481 g/mol. The summed E-state index contributed by atoms with van der Waals surface area (Å²) in [5.41, 5.74) is 2.22. The highest BCUT2D eigenvalue weighted by Crippen LogP contribution is 2.30. The van der Waals surface area contributed by atoms with E-state index in [9.17, 15) is 13.2 Å². The molecule has 4 rings (SSSR count). The van der Waals surface area contributed by atoms with E-state index in [0.29, 0.717) is 26.2 Å². The summed E-state index contributed by atoms with van der Waals surface area (Å²) in [6, 6.07) is 21.9. The lowest BCUT2D eigenvalue weighted by molar-refractivity contribution is 0.0950. The monoisotopic (exact) mass is 480 g/mol. The van der Waals surface area contributed by atoms with Crippen molar-refractivity contribution in [1.82, 2.24) is 9.62 Å². The molecule has 1 fully saturated rings. The second kappa shape index (κ2) is 10.7. The molecule has 7 nitrogen and oxygen atoms in total. The molecule has 1 aliphatic heterocycles. The fourth-order valence-corrected chi connectivity index (χ4v) is 5.51. The van der Waals surface area contributed by atoms with Gasteiger partial charge in [0.05, 0.1) is 7.11 Å². The summed E-state index contributed by atoms with van der Waals surface area (Å²) in [4.78, 5) is 12.8. The summed E-state index contributed by atoms with van der Waals surface area (Å²) in [5.74, 6) is 0.693. The number of para-hydroxylation sites is 1. The van der Waals surface area contributed by atoms with Crippen LogP contribution in [0.4, 0.5) is 0 Å². The van der Waals surface area contributed by atoms with Gasteiger partial charge in [-0.1, -0.05) is 42.5 Å². The zero-order valence-electron chi connectivity index (χ0n) is 19.1. The molecule has 0 saturated carbocycles. The maximum absolute atomic E-state index is 13.0. The topological polar surface area (TPSA) is 84.9 Å². The fourth-order valence-electron chi connectivity index (χ4n) is 3.81. The first-order valence-electron chi connectivity index (χ1n) is 11.2. The molecule has 1 N–H and O–H groups in total. The highest BCUT2D eigenvalue weighted by Gasteiger charge is 2.30. The zero-order valence-corrected chi connectivity index (χ0v) is 19.9. The number of nitrogens with one attached hydrogen (secondary N) is 1. The van der Waals surface area contributed by atoms with E-state index in [1.807, 2.05) is 54.6 Å². The Labute approximate surface area is 200 Å². The lowest BCUT2D eigenvalue weighted by atomic mass is 10.1. The molecule has 0 spiro atoms. The first-order chi connectivity index (χ1) is 16.5. The summed E-state index contributed by atoms with van der Waals surface area (Å²) < 4.78 is 38.6. The Morgan fingerprint density at radius 2 is 1.62 bits per heavy atom. The fraction of sp³-hybridized carbons (Fsp3) is 0.269. The molecule has 0 bridgehead atoms. The molecular weight excluding hydrogens is 452 g/mol. The van der Waals surface area contributed by atoms with E-state index in [4.69, 9.17) is 9.47 Å². The van der Waals surface area contributed by atoms with Crippen LogP contribution in [0.2, 0.25) is 0 Å². The van der Waals surface area contributed by atoms with Crippen LogP contribution in [0, 0.1) is 0 Å². The van der Waals surface area contributed by atoms with E-state index in [1.54, 1.807) is 6.07 Å². The Morgan fingerprint density at radius 3 is 2.29 bits per heavy atom. The van der Waals surface area contributed by atoms with Crippen LogP contribution in [0.5, 0.6) is 11.5 Å². The Morgan fingerprint density at radius 1 is 0.941 bits per heavy atom. The van der Waals surface area contributed by atoms with Crippen LogP contribution in [0.3, 0.4) is 0 Å². The number of nitrogens with zero attached hydrogens (tertiary/aromatic N) is 1. The maximum atomic E-state index is 13.0. The minimum atomic E-state index is -3.72. The molecule has 0 atom stereocenters. The van der Waals surface area contributed by atoms with Gasteiger partial charge in [0.15, 0.2) is 0 Å². The van der Waals surface area contributed by atoms with Crippen LogP contribution < -0.4 is 14.8 Å². The number of rotatable bonds is 9. The van der Waals surface area contributed by atoms with Crippen molar-refractivity contribution >= 4 is 15.9 Å². The smallest absolute Gasteiger partial charge is 0.251 e. The van der Waals surface area contributed by atoms with E-state index in [2.05, 4.69) is 5.32 Å². The van der Waals surface area contributed by atoms with Crippen molar-refractivity contribution in [2.75, 3.05) is 20.2 Å². The van der Waals surface area contributed by atoms with E-state index in [-0.39, 0.29) is 22.1 Å². The van der Waals surface area contributed by atoms with Gasteiger partial charge >= 0.3 is 0 Å². The van der Waals surface area contributed by atoms with E-state index in [0.717, 1.165) is 29.7 Å². The van der Waals surface area contributed by atoms with Crippen molar-refractivity contribution in [2.45, 2.75) is 30.9 Å². The number of benzene rings is 3. The standard InChI is InChI=1S/C26H28N2O5S/c1-32-24-14-13-22(17-25(24)34(30,31)28-15-5-6-16-28)26(29)27-18-20-9-11-21(12-10-20)19-33-23-7-3-2-4-8-23/h2-4,7-14,17H,5-6,15-16,18-19H2,1H3,(H,27,29). The molecule has 3 aromatic carbocycles. The lowest BCUT2D eigenvalue weighted by Crippen LogP contribution is -2.29. The molecule has 1 heterocycles. The largest absolute Gasteiger partial charge is 0.495 e. The van der Waals surface area contributed by atoms with Gasteiger partial charge in [0, 0.05) is 25.2 Å². The number of hydrogen-bond acceptors (Lipinski definition) is 5. The van der Waals surface area contributed by atoms with Crippen molar-refractivity contribution in [3.63, 3.8) is 0 Å². The summed E-state index contributed by atoms with van der Waals surface area (Å²) in [6.45, 7) is 1.73. The number of ether oxygens (including phenoxy) is 2. The number of hydrogen-bond donors (Lipinski definition) is 1. The maximum Gasteiger partial charge on any atom is 0.251 e. The third kappa shape index (κ3) is 5.58. The summed E-state index contributed by atoms with van der Waals surface area (Å²) >= 11 is 0. The first-order valence-corrected chi connectivity index (χ1v) is 12.6. The Kier molecular flexibility index (Phi) is 7.49. The molecular formula is C26H28N2O5S. The van der Waals surface area contributed by atoms with E-state index >= 15 is 0 Å². The summed E-state index contributed by atoms with van der Waals surface area (Å²) in [6.07, 6.45) is 1.66. The van der Waals surface area contributed by atoms with Gasteiger partial charge in [-0.3, -0.25) is 4.79 Å². The average Bonchev–Trinajstić information content (AvgIpc) is 3.43. The quantitative estimate of drug-likeness (QED) is 0.501. The molecule has 8 heteroatoms. The molecule has 178 valence electrons. The molecule has 0 aromatic heterocycles. The molecule has 0 radical (unpaired) electrons. The second-order valence-corrected chi connectivity index (χ2v) is 9.98. The molecule has 1 saturated heterocycles. The number of amides is 1. The molecule has 34 heavy (non-hydrogen) atoms. The molecule has 1 amide bonds. The van der Waals surface area contributed by atoms with Crippen LogP contribution in [-0.2, 0) is 23.2 Å². The molecule has 0 unspecified atom stereocenters. The van der Waals surface area contributed by atoms with Crippen LogP contribution in [0.1, 0.15) is 34.3 Å². The van der Waals surface area contributed by atoms with Gasteiger partial charge < -0.3 is 14.8 Å². The summed E-state index contributed by atoms with van der Waals surface area (Å²) in [7, 11) is -2.30. The number of carbonyl (C=O) groups excluding carboxylic acids is 1. The Hall–Kier alpha value is -3.36. The van der Waals surface area contributed by atoms with Crippen LogP contribution in [0.25, 0.3) is 0 Å². The highest BCUT2D eigenvalue weighted by molar-refractivity contribution is 7.89. The minimum absolute atomic E-state index is 0.0207. The van der Waals surface area contributed by atoms with Gasteiger partial charge in [-0.25, -0.2) is 8.42 Å². The SMILES string of the molecule is COc1ccc(C(=O)NCc2ccc(COc3ccccc3)cc2)cc1S(=O)(=O)N1CCCC1. The second-order valence-electron chi connectivity index (χ2n) is 8.08. The van der Waals surface area contributed by atoms with E-state index < -0.39 is 10.0 Å². The highest BCUT2D eigenvalue weighted by atomic mass is 32.2. The summed E-state index contributed by atoms with van der Waals surface area (Å²) in [5, 5.41) is 2.86. The van der Waals surface area contributed by atoms with Gasteiger partial charge in [0.25, 0.3) is 5.91 Å². The van der Waals surface area contributed by atoms with Crippen molar-refractivity contribution in [3.05, 3.63) is 89.5 Å². The Bertz CT molecular complexity index is 1220. The molecule has 3 aromatic rings. The number of carbonyl (C=O) groups is 1. The predicted molar refractivity (Wildman–Crippen MR) is 129 cm³/mol. The van der Waals surface area contributed by atoms with Crippen molar-refractivity contribution < 1.29 is 22.7 Å². The number of sulfonamides is 1. The van der Waals surface area contributed by atoms with Crippen molar-refractivity contribution in [2.24, 2.45) is 0 Å². The molecule has 0 aliphatic carbocycles. The van der Waals surface area contributed by atoms with Gasteiger partial charge in [0.1, 0.15) is 23.0 Å². The van der Waals surface area contributed by atoms with Gasteiger partial charge in [-0.05, 0) is 54.3 Å². The van der Waals surface area contributed by atoms with Gasteiger partial charge in [0.2, 0.25) is 10.0 Å². The predicted octanol–water partition coefficient (Wildman–Crippen LogP) is 3.99. The van der Waals surface area contributed by atoms with Crippen LogP contribution in [0.15, 0.2) is 77.7 Å². The third-order valence-corrected chi connectivity index (χ3v) is 7.65. The molecule has 1 aliphatic rings. The lowest BCUT2D eigenvalue weighted by Gasteiger charge is -2.18. The van der Waals surface area contributed by atoms with Gasteiger partial charge in [-0.15, -0.1) is 0 Å². The van der Waals surface area contributed by atoms with E-state index in [1.165, 1.54) is 23.5 Å². The third-order valence-electron chi connectivity index (χ3n) is 5.73. The van der Waals surface area contributed by atoms with Gasteiger partial charge in [-0.2, -0.15) is 4.31 Å². The first kappa shape index (κ1) is 23.8. The van der Waals surface area contributed by atoms with Crippen molar-refractivity contribution in [3.8, 4) is 11.5 Å². The van der Waals surface area contributed by atoms with Crippen LogP contribution in [-0.4, -0.2) is 38.8 Å². The normalized spacial score (nSPS) is 14.0. The number of methoxy groups -OCH3 is 1.